The van der Waals surface area contributed by atoms with Gasteiger partial charge in [-0.05, 0) is 38.7 Å². The van der Waals surface area contributed by atoms with Gasteiger partial charge in [0.15, 0.2) is 0 Å². The van der Waals surface area contributed by atoms with E-state index in [0.717, 1.165) is 5.56 Å². The lowest BCUT2D eigenvalue weighted by molar-refractivity contribution is -0.144. The van der Waals surface area contributed by atoms with Crippen LogP contribution in [0.2, 0.25) is 0 Å². The van der Waals surface area contributed by atoms with Crippen molar-refractivity contribution in [2.24, 2.45) is 5.92 Å². The topological polar surface area (TPSA) is 78.9 Å². The van der Waals surface area contributed by atoms with Gasteiger partial charge in [0.25, 0.3) is 0 Å². The molecule has 0 aliphatic rings. The number of carboxylic acids is 1. The van der Waals surface area contributed by atoms with Crippen LogP contribution in [0.4, 0.5) is 5.69 Å². The van der Waals surface area contributed by atoms with Crippen LogP contribution in [0.5, 0.6) is 5.75 Å². The molecular formula is C14H20N2O4. The maximum atomic E-state index is 11.8. The zero-order valence-corrected chi connectivity index (χ0v) is 12.1. The number of carbonyl (C=O) groups is 2. The Labute approximate surface area is 118 Å². The van der Waals surface area contributed by atoms with Gasteiger partial charge in [0.05, 0.1) is 12.8 Å². The van der Waals surface area contributed by atoms with Crippen molar-refractivity contribution >= 4 is 17.6 Å². The summed E-state index contributed by atoms with van der Waals surface area (Å²) in [4.78, 5) is 24.6. The monoisotopic (exact) mass is 280 g/mol. The van der Waals surface area contributed by atoms with Crippen LogP contribution >= 0.6 is 0 Å². The summed E-state index contributed by atoms with van der Waals surface area (Å²) in [6.45, 7) is 2.05. The van der Waals surface area contributed by atoms with Crippen molar-refractivity contribution in [2.45, 2.75) is 13.5 Å². The molecule has 110 valence electrons. The van der Waals surface area contributed by atoms with Gasteiger partial charge in [0.1, 0.15) is 11.7 Å². The van der Waals surface area contributed by atoms with Gasteiger partial charge in [-0.2, -0.15) is 0 Å². The van der Waals surface area contributed by atoms with Gasteiger partial charge in [-0.3, -0.25) is 9.59 Å². The number of hydrogen-bond acceptors (Lipinski definition) is 4. The van der Waals surface area contributed by atoms with Gasteiger partial charge in [-0.15, -0.1) is 0 Å². The minimum absolute atomic E-state index is 0.477. The lowest BCUT2D eigenvalue weighted by atomic mass is 10.1. The molecule has 6 heteroatoms. The normalized spacial score (nSPS) is 12.1. The van der Waals surface area contributed by atoms with E-state index in [9.17, 15) is 9.59 Å². The summed E-state index contributed by atoms with van der Waals surface area (Å²) in [5.74, 6) is -2.35. The minimum Gasteiger partial charge on any atom is -0.495 e. The smallest absolute Gasteiger partial charge is 0.315 e. The van der Waals surface area contributed by atoms with Crippen molar-refractivity contribution in [3.8, 4) is 5.75 Å². The fourth-order valence-electron chi connectivity index (χ4n) is 1.67. The van der Waals surface area contributed by atoms with E-state index in [0.29, 0.717) is 18.0 Å². The highest BCUT2D eigenvalue weighted by Gasteiger charge is 2.21. The van der Waals surface area contributed by atoms with Crippen molar-refractivity contribution < 1.29 is 19.4 Å². The third-order valence-electron chi connectivity index (χ3n) is 2.78. The number of amides is 1. The van der Waals surface area contributed by atoms with E-state index in [1.54, 1.807) is 12.1 Å². The Morgan fingerprint density at radius 1 is 1.40 bits per heavy atom. The van der Waals surface area contributed by atoms with Crippen LogP contribution in [-0.2, 0) is 16.1 Å². The molecule has 0 fully saturated rings. The second-order valence-electron chi connectivity index (χ2n) is 4.82. The van der Waals surface area contributed by atoms with E-state index < -0.39 is 17.8 Å². The summed E-state index contributed by atoms with van der Waals surface area (Å²) >= 11 is 0. The summed E-state index contributed by atoms with van der Waals surface area (Å²) in [7, 11) is 5.38. The lowest BCUT2D eigenvalue weighted by Crippen LogP contribution is -2.27. The highest BCUT2D eigenvalue weighted by Crippen LogP contribution is 2.26. The Hall–Kier alpha value is -2.08. The van der Waals surface area contributed by atoms with E-state index in [4.69, 9.17) is 9.84 Å². The van der Waals surface area contributed by atoms with E-state index in [1.807, 2.05) is 25.1 Å². The molecule has 20 heavy (non-hydrogen) atoms. The third kappa shape index (κ3) is 4.24. The first-order chi connectivity index (χ1) is 9.35. The number of benzene rings is 1. The zero-order chi connectivity index (χ0) is 15.3. The Bertz CT molecular complexity index is 500. The summed E-state index contributed by atoms with van der Waals surface area (Å²) < 4.78 is 5.17. The number of ether oxygens (including phenoxy) is 1. The summed E-state index contributed by atoms with van der Waals surface area (Å²) in [5, 5.41) is 11.4. The molecule has 0 heterocycles. The summed E-state index contributed by atoms with van der Waals surface area (Å²) in [5.41, 5.74) is 1.47. The first kappa shape index (κ1) is 16.0. The van der Waals surface area contributed by atoms with Gasteiger partial charge in [0.2, 0.25) is 5.91 Å². The Kier molecular flexibility index (Phi) is 5.52. The second-order valence-corrected chi connectivity index (χ2v) is 4.82. The molecule has 0 aliphatic carbocycles. The first-order valence-corrected chi connectivity index (χ1v) is 6.20. The quantitative estimate of drug-likeness (QED) is 0.770. The molecule has 0 spiro atoms. The largest absolute Gasteiger partial charge is 0.495 e. The molecule has 0 radical (unpaired) electrons. The van der Waals surface area contributed by atoms with E-state index in [1.165, 1.54) is 14.0 Å². The molecular weight excluding hydrogens is 260 g/mol. The Morgan fingerprint density at radius 2 is 2.05 bits per heavy atom. The molecule has 1 aromatic rings. The number of nitrogens with zero attached hydrogens (tertiary/aromatic N) is 1. The standard InChI is InChI=1S/C14H20N2O4/c1-9(14(18)19)13(17)15-11-7-10(8-16(2)3)5-6-12(11)20-4/h5-7,9H,8H2,1-4H3,(H,15,17)(H,18,19). The van der Waals surface area contributed by atoms with Crippen molar-refractivity contribution in [2.75, 3.05) is 26.5 Å². The van der Waals surface area contributed by atoms with Crippen LogP contribution in [0.25, 0.3) is 0 Å². The molecule has 0 bridgehead atoms. The maximum Gasteiger partial charge on any atom is 0.315 e. The Balaban J connectivity index is 2.96. The SMILES string of the molecule is COc1ccc(CN(C)C)cc1NC(=O)C(C)C(=O)O. The number of carboxylic acid groups (broad SMARTS) is 1. The molecule has 1 amide bonds. The third-order valence-corrected chi connectivity index (χ3v) is 2.78. The fraction of sp³-hybridized carbons (Fsp3) is 0.429. The van der Waals surface area contributed by atoms with Gasteiger partial charge in [-0.1, -0.05) is 6.07 Å². The molecule has 6 nitrogen and oxygen atoms in total. The number of anilines is 1. The molecule has 1 atom stereocenters. The van der Waals surface area contributed by atoms with Crippen LogP contribution in [0.3, 0.4) is 0 Å². The second kappa shape index (κ2) is 6.91. The summed E-state index contributed by atoms with van der Waals surface area (Å²) in [6, 6.07) is 5.43. The molecule has 1 aromatic carbocycles. The highest BCUT2D eigenvalue weighted by atomic mass is 16.5. The van der Waals surface area contributed by atoms with Crippen LogP contribution in [-0.4, -0.2) is 43.1 Å². The number of hydrogen-bond donors (Lipinski definition) is 2. The average molecular weight is 280 g/mol. The van der Waals surface area contributed by atoms with Gasteiger partial charge in [0, 0.05) is 6.54 Å². The average Bonchev–Trinajstić information content (AvgIpc) is 2.37. The molecule has 0 aliphatic heterocycles. The number of rotatable bonds is 6. The first-order valence-electron chi connectivity index (χ1n) is 6.20. The molecule has 0 saturated carbocycles. The predicted octanol–water partition coefficient (Wildman–Crippen LogP) is 1.42. The van der Waals surface area contributed by atoms with Crippen molar-refractivity contribution in [1.82, 2.24) is 4.90 Å². The lowest BCUT2D eigenvalue weighted by Gasteiger charge is -2.15. The fourth-order valence-corrected chi connectivity index (χ4v) is 1.67. The highest BCUT2D eigenvalue weighted by molar-refractivity contribution is 6.04. The van der Waals surface area contributed by atoms with Crippen molar-refractivity contribution in [3.63, 3.8) is 0 Å². The predicted molar refractivity (Wildman–Crippen MR) is 75.8 cm³/mol. The van der Waals surface area contributed by atoms with Crippen LogP contribution in [0.1, 0.15) is 12.5 Å². The van der Waals surface area contributed by atoms with Crippen molar-refractivity contribution in [1.29, 1.82) is 0 Å². The van der Waals surface area contributed by atoms with Gasteiger partial charge < -0.3 is 20.1 Å². The Morgan fingerprint density at radius 3 is 2.55 bits per heavy atom. The molecule has 1 unspecified atom stereocenters. The van der Waals surface area contributed by atoms with Gasteiger partial charge >= 0.3 is 5.97 Å². The van der Waals surface area contributed by atoms with Crippen LogP contribution < -0.4 is 10.1 Å². The van der Waals surface area contributed by atoms with Crippen LogP contribution in [0, 0.1) is 5.92 Å². The summed E-state index contributed by atoms with van der Waals surface area (Å²) in [6.07, 6.45) is 0. The minimum atomic E-state index is -1.16. The molecule has 1 rings (SSSR count). The van der Waals surface area contributed by atoms with Crippen molar-refractivity contribution in [3.05, 3.63) is 23.8 Å². The number of carbonyl (C=O) groups excluding carboxylic acids is 1. The zero-order valence-electron chi connectivity index (χ0n) is 12.1. The van der Waals surface area contributed by atoms with Gasteiger partial charge in [-0.25, -0.2) is 0 Å². The van der Waals surface area contributed by atoms with Crippen LogP contribution in [0.15, 0.2) is 18.2 Å². The van der Waals surface area contributed by atoms with E-state index >= 15 is 0 Å². The maximum absolute atomic E-state index is 11.8. The number of aliphatic carboxylic acids is 1. The molecule has 0 saturated heterocycles. The van der Waals surface area contributed by atoms with E-state index in [2.05, 4.69) is 5.32 Å². The number of methoxy groups -OCH3 is 1. The molecule has 2 N–H and O–H groups in total. The van der Waals surface area contributed by atoms with E-state index in [-0.39, 0.29) is 0 Å². The molecule has 0 aromatic heterocycles. The number of nitrogens with one attached hydrogen (secondary N) is 1.